The van der Waals surface area contributed by atoms with Crippen molar-refractivity contribution in [1.29, 1.82) is 0 Å². The Morgan fingerprint density at radius 1 is 1.58 bits per heavy atom. The molecule has 0 bridgehead atoms. The van der Waals surface area contributed by atoms with Crippen LogP contribution in [0.3, 0.4) is 0 Å². The minimum Gasteiger partial charge on any atom is -0.327 e. The van der Waals surface area contributed by atoms with Crippen LogP contribution in [0.15, 0.2) is 12.7 Å². The summed E-state index contributed by atoms with van der Waals surface area (Å²) in [4.78, 5) is 0. The molecule has 1 atom stereocenters. The summed E-state index contributed by atoms with van der Waals surface area (Å²) in [5.74, 6) is 0. The van der Waals surface area contributed by atoms with Crippen molar-refractivity contribution < 1.29 is 4.52 Å². The summed E-state index contributed by atoms with van der Waals surface area (Å²) in [6, 6.07) is 0. The third-order valence-electron chi connectivity index (χ3n) is 1.70. The molecule has 1 heterocycles. The Kier molecular flexibility index (Phi) is 4.73. The van der Waals surface area contributed by atoms with E-state index in [1.54, 1.807) is 6.08 Å². The maximum absolute atomic E-state index is 5.83. The van der Waals surface area contributed by atoms with Crippen LogP contribution in [0, 0.1) is 0 Å². The van der Waals surface area contributed by atoms with Gasteiger partial charge in [-0.2, -0.15) is 0 Å². The standard InChI is InChI=1S/C7H16N3OP/c1-2-7-11-12(8)10-5-3-9-4-6-10/h2,9H,1,3-8H2. The van der Waals surface area contributed by atoms with E-state index in [4.69, 9.17) is 10.0 Å². The molecular weight excluding hydrogens is 173 g/mol. The quantitative estimate of drug-likeness (QED) is 0.492. The molecule has 0 spiro atoms. The Labute approximate surface area is 74.7 Å². The van der Waals surface area contributed by atoms with Crippen molar-refractivity contribution in [3.8, 4) is 0 Å². The molecule has 5 heteroatoms. The fraction of sp³-hybridized carbons (Fsp3) is 0.714. The summed E-state index contributed by atoms with van der Waals surface area (Å²) in [5, 5.41) is 3.26. The molecule has 0 aromatic heterocycles. The third kappa shape index (κ3) is 3.17. The Hall–Kier alpha value is 0.0100. The van der Waals surface area contributed by atoms with E-state index >= 15 is 0 Å². The van der Waals surface area contributed by atoms with Gasteiger partial charge in [-0.25, -0.2) is 4.67 Å². The van der Waals surface area contributed by atoms with Gasteiger partial charge in [-0.1, -0.05) is 6.08 Å². The molecule has 1 aliphatic rings. The predicted octanol–water partition coefficient (Wildman–Crippen LogP) is 0.280. The van der Waals surface area contributed by atoms with E-state index in [0.29, 0.717) is 6.61 Å². The first kappa shape index (κ1) is 10.1. The van der Waals surface area contributed by atoms with E-state index in [2.05, 4.69) is 16.6 Å². The van der Waals surface area contributed by atoms with Gasteiger partial charge in [0.05, 0.1) is 6.61 Å². The zero-order valence-corrected chi connectivity index (χ0v) is 8.09. The zero-order valence-electron chi connectivity index (χ0n) is 7.20. The second-order valence-corrected chi connectivity index (χ2v) is 4.02. The number of piperazine rings is 1. The Morgan fingerprint density at radius 2 is 2.25 bits per heavy atom. The highest BCUT2D eigenvalue weighted by Crippen LogP contribution is 2.32. The summed E-state index contributed by atoms with van der Waals surface area (Å²) in [6.07, 6.45) is 1.73. The Morgan fingerprint density at radius 3 is 2.83 bits per heavy atom. The van der Waals surface area contributed by atoms with Crippen molar-refractivity contribution in [1.82, 2.24) is 9.99 Å². The van der Waals surface area contributed by atoms with Crippen LogP contribution in [0.5, 0.6) is 0 Å². The average molecular weight is 189 g/mol. The van der Waals surface area contributed by atoms with Crippen molar-refractivity contribution in [3.05, 3.63) is 12.7 Å². The van der Waals surface area contributed by atoms with Gasteiger partial charge in [-0.15, -0.1) is 6.58 Å². The molecule has 70 valence electrons. The maximum atomic E-state index is 5.83. The molecule has 0 aromatic carbocycles. The van der Waals surface area contributed by atoms with Gasteiger partial charge in [-0.05, 0) is 0 Å². The van der Waals surface area contributed by atoms with E-state index in [1.165, 1.54) is 0 Å². The molecule has 1 unspecified atom stereocenters. The summed E-state index contributed by atoms with van der Waals surface area (Å²) in [7, 11) is -0.883. The van der Waals surface area contributed by atoms with Crippen LogP contribution >= 0.6 is 8.45 Å². The molecule has 0 aliphatic carbocycles. The molecule has 1 saturated heterocycles. The van der Waals surface area contributed by atoms with E-state index in [1.807, 2.05) is 0 Å². The lowest BCUT2D eigenvalue weighted by molar-refractivity contribution is 0.312. The van der Waals surface area contributed by atoms with Gasteiger partial charge in [0.25, 0.3) is 0 Å². The highest BCUT2D eigenvalue weighted by Gasteiger charge is 2.17. The molecule has 0 radical (unpaired) electrons. The molecule has 0 amide bonds. The van der Waals surface area contributed by atoms with Crippen LogP contribution in [0.1, 0.15) is 0 Å². The van der Waals surface area contributed by atoms with Gasteiger partial charge in [0.1, 0.15) is 0 Å². The molecule has 1 rings (SSSR count). The van der Waals surface area contributed by atoms with Crippen molar-refractivity contribution in [2.75, 3.05) is 32.8 Å². The number of rotatable bonds is 4. The smallest absolute Gasteiger partial charge is 0.182 e. The topological polar surface area (TPSA) is 50.5 Å². The lowest BCUT2D eigenvalue weighted by Crippen LogP contribution is -2.41. The summed E-state index contributed by atoms with van der Waals surface area (Å²) >= 11 is 0. The zero-order chi connectivity index (χ0) is 8.81. The molecule has 1 aliphatic heterocycles. The van der Waals surface area contributed by atoms with Crippen LogP contribution in [0.2, 0.25) is 0 Å². The highest BCUT2D eigenvalue weighted by atomic mass is 31.2. The van der Waals surface area contributed by atoms with Gasteiger partial charge < -0.3 is 9.84 Å². The highest BCUT2D eigenvalue weighted by molar-refractivity contribution is 7.47. The Balaban J connectivity index is 2.19. The first-order valence-electron chi connectivity index (χ1n) is 4.09. The number of nitrogens with two attached hydrogens (primary N) is 1. The van der Waals surface area contributed by atoms with Crippen LogP contribution in [0.4, 0.5) is 0 Å². The molecule has 0 saturated carbocycles. The van der Waals surface area contributed by atoms with Crippen molar-refractivity contribution in [2.24, 2.45) is 5.50 Å². The molecule has 0 aromatic rings. The van der Waals surface area contributed by atoms with E-state index < -0.39 is 8.45 Å². The molecule has 3 N–H and O–H groups in total. The van der Waals surface area contributed by atoms with Gasteiger partial charge >= 0.3 is 0 Å². The van der Waals surface area contributed by atoms with Crippen LogP contribution in [-0.4, -0.2) is 37.5 Å². The number of hydrogen-bond acceptors (Lipinski definition) is 4. The van der Waals surface area contributed by atoms with Crippen LogP contribution in [-0.2, 0) is 4.52 Å². The van der Waals surface area contributed by atoms with Crippen molar-refractivity contribution >= 4 is 8.45 Å². The summed E-state index contributed by atoms with van der Waals surface area (Å²) in [6.45, 7) is 8.11. The maximum Gasteiger partial charge on any atom is 0.182 e. The third-order valence-corrected chi connectivity index (χ3v) is 3.07. The molecular formula is C7H16N3OP. The lowest BCUT2D eigenvalue weighted by atomic mass is 10.4. The number of nitrogens with one attached hydrogen (secondary N) is 1. The Bertz CT molecular complexity index is 139. The van der Waals surface area contributed by atoms with Gasteiger partial charge in [0.15, 0.2) is 8.45 Å². The fourth-order valence-corrected chi connectivity index (χ4v) is 2.08. The second-order valence-electron chi connectivity index (χ2n) is 2.59. The van der Waals surface area contributed by atoms with E-state index in [9.17, 15) is 0 Å². The predicted molar refractivity (Wildman–Crippen MR) is 51.7 cm³/mol. The average Bonchev–Trinajstić information content (AvgIpc) is 2.15. The minimum atomic E-state index is -0.883. The van der Waals surface area contributed by atoms with Gasteiger partial charge in [0.2, 0.25) is 0 Å². The first-order valence-corrected chi connectivity index (χ1v) is 5.37. The van der Waals surface area contributed by atoms with Crippen molar-refractivity contribution in [3.63, 3.8) is 0 Å². The van der Waals surface area contributed by atoms with E-state index in [0.717, 1.165) is 26.2 Å². The van der Waals surface area contributed by atoms with Crippen LogP contribution in [0.25, 0.3) is 0 Å². The second kappa shape index (κ2) is 5.62. The molecule has 1 fully saturated rings. The number of nitrogens with zero attached hydrogens (tertiary/aromatic N) is 1. The van der Waals surface area contributed by atoms with Gasteiger partial charge in [0, 0.05) is 26.2 Å². The largest absolute Gasteiger partial charge is 0.327 e. The van der Waals surface area contributed by atoms with Crippen LogP contribution < -0.4 is 10.8 Å². The SMILES string of the molecule is C=CCOP(N)N1CCNCC1. The van der Waals surface area contributed by atoms with Crippen molar-refractivity contribution in [2.45, 2.75) is 0 Å². The minimum absolute atomic E-state index is 0.548. The number of hydrogen-bond donors (Lipinski definition) is 2. The lowest BCUT2D eigenvalue weighted by Gasteiger charge is -2.30. The summed E-state index contributed by atoms with van der Waals surface area (Å²) in [5.41, 5.74) is 5.83. The van der Waals surface area contributed by atoms with Gasteiger partial charge in [-0.3, -0.25) is 5.50 Å². The molecule has 12 heavy (non-hydrogen) atoms. The molecule has 4 nitrogen and oxygen atoms in total. The monoisotopic (exact) mass is 189 g/mol. The van der Waals surface area contributed by atoms with E-state index in [-0.39, 0.29) is 0 Å². The summed E-state index contributed by atoms with van der Waals surface area (Å²) < 4.78 is 7.53. The first-order chi connectivity index (χ1) is 5.84. The normalized spacial score (nSPS) is 22.1. The fourth-order valence-electron chi connectivity index (χ4n) is 1.06.